The maximum absolute atomic E-state index is 15.0. The molecule has 0 saturated heterocycles. The van der Waals surface area contributed by atoms with Gasteiger partial charge < -0.3 is 0 Å². The molecule has 0 N–H and O–H groups in total. The second-order valence-corrected chi connectivity index (χ2v) is 19.2. The fourth-order valence-corrected chi connectivity index (χ4v) is 13.9. The van der Waals surface area contributed by atoms with Gasteiger partial charge in [-0.05, 0) is 59.7 Å². The highest BCUT2D eigenvalue weighted by Gasteiger charge is 2.53. The maximum atomic E-state index is 15.0. The van der Waals surface area contributed by atoms with E-state index < -0.39 is 71.8 Å². The van der Waals surface area contributed by atoms with E-state index >= 15 is 0 Å². The van der Waals surface area contributed by atoms with Gasteiger partial charge in [0.15, 0.2) is 0 Å². The van der Waals surface area contributed by atoms with Gasteiger partial charge >= 0.3 is 0 Å². The molecule has 0 radical (unpaired) electrons. The first kappa shape index (κ1) is 36.8. The molecule has 0 aliphatic rings. The zero-order chi connectivity index (χ0) is 37.0. The number of sulfonamides is 4. The Morgan fingerprint density at radius 1 is 0.269 bits per heavy atom. The maximum Gasteiger partial charge on any atom is 0.257 e. The van der Waals surface area contributed by atoms with E-state index in [4.69, 9.17) is 0 Å². The number of nitrogens with zero attached hydrogens (tertiary/aromatic N) is 2. The lowest BCUT2D eigenvalue weighted by atomic mass is 9.95. The van der Waals surface area contributed by atoms with Crippen molar-refractivity contribution in [1.29, 1.82) is 0 Å². The summed E-state index contributed by atoms with van der Waals surface area (Å²) in [6, 6.07) is 38.1. The van der Waals surface area contributed by atoms with Crippen LogP contribution in [0.1, 0.15) is 23.2 Å². The minimum absolute atomic E-state index is 0.00751. The zero-order valence-electron chi connectivity index (χ0n) is 27.3. The second-order valence-electron chi connectivity index (χ2n) is 11.4. The van der Waals surface area contributed by atoms with Crippen molar-refractivity contribution in [3.8, 4) is 0 Å². The quantitative estimate of drug-likeness (QED) is 0.127. The molecule has 0 fully saturated rings. The van der Waals surface area contributed by atoms with Crippen LogP contribution >= 0.6 is 0 Å². The van der Waals surface area contributed by atoms with Crippen molar-refractivity contribution < 1.29 is 33.7 Å². The summed E-state index contributed by atoms with van der Waals surface area (Å²) < 4.78 is 120. The summed E-state index contributed by atoms with van der Waals surface area (Å²) in [6.45, 7) is 0. The van der Waals surface area contributed by atoms with Gasteiger partial charge in [-0.1, -0.05) is 141 Å². The molecule has 0 saturated carbocycles. The largest absolute Gasteiger partial charge is 0.257 e. The highest BCUT2D eigenvalue weighted by Crippen LogP contribution is 2.48. The molecular weight excluding hydrogens is 741 g/mol. The molecule has 0 aliphatic carbocycles. The van der Waals surface area contributed by atoms with Crippen LogP contribution in [0.3, 0.4) is 0 Å². The van der Waals surface area contributed by atoms with Gasteiger partial charge in [0, 0.05) is 0 Å². The molecule has 0 spiro atoms. The summed E-state index contributed by atoms with van der Waals surface area (Å²) >= 11 is 0. The number of hydrogen-bond acceptors (Lipinski definition) is 8. The van der Waals surface area contributed by atoms with Gasteiger partial charge in [0.25, 0.3) is 40.1 Å². The van der Waals surface area contributed by atoms with Crippen LogP contribution in [0.25, 0.3) is 0 Å². The fraction of sp³-hybridized carbons (Fsp3) is 0.0526. The summed E-state index contributed by atoms with van der Waals surface area (Å²) in [7, 11) is -20.5. The molecule has 266 valence electrons. The first-order valence-electron chi connectivity index (χ1n) is 15.8. The average Bonchev–Trinajstić information content (AvgIpc) is 3.18. The normalized spacial score (nSPS) is 13.8. The Kier molecular flexibility index (Phi) is 10.6. The van der Waals surface area contributed by atoms with Gasteiger partial charge in [-0.15, -0.1) is 0 Å². The van der Waals surface area contributed by atoms with E-state index in [2.05, 4.69) is 0 Å². The van der Waals surface area contributed by atoms with Gasteiger partial charge in [0.1, 0.15) is 0 Å². The fourth-order valence-electron chi connectivity index (χ4n) is 5.78. The van der Waals surface area contributed by atoms with Crippen LogP contribution in [0.4, 0.5) is 0 Å². The Labute approximate surface area is 304 Å². The van der Waals surface area contributed by atoms with E-state index in [1.807, 2.05) is 0 Å². The summed E-state index contributed by atoms with van der Waals surface area (Å²) in [5.41, 5.74) is -0.0150. The molecule has 0 bridgehead atoms. The molecule has 6 aromatic rings. The summed E-state index contributed by atoms with van der Waals surface area (Å²) in [5, 5.41) is 0. The van der Waals surface area contributed by atoms with Gasteiger partial charge in [-0.2, -0.15) is 0 Å². The molecule has 6 rings (SSSR count). The monoisotopic (exact) mass is 772 g/mol. The molecule has 2 atom stereocenters. The lowest BCUT2D eigenvalue weighted by Crippen LogP contribution is -2.49. The van der Waals surface area contributed by atoms with Crippen molar-refractivity contribution in [3.63, 3.8) is 0 Å². The SMILES string of the molecule is O=S(=O)(c1ccccc1)N([C@H](c1ccccc1)[C@H](c1ccccc1)N(S(=O)(=O)c1ccccc1)S(=O)(=O)c1ccccc1)S(=O)(=O)c1ccccc1. The minimum atomic E-state index is -5.13. The topological polar surface area (TPSA) is 143 Å². The Morgan fingerprint density at radius 2 is 0.442 bits per heavy atom. The van der Waals surface area contributed by atoms with Crippen LogP contribution in [0.15, 0.2) is 202 Å². The Hall–Kier alpha value is -4.96. The molecular formula is C38H32N2O8S4. The first-order valence-corrected chi connectivity index (χ1v) is 21.5. The number of rotatable bonds is 13. The third kappa shape index (κ3) is 7.08. The number of hydrogen-bond donors (Lipinski definition) is 0. The van der Waals surface area contributed by atoms with Gasteiger partial charge in [-0.3, -0.25) is 0 Å². The highest BCUT2D eigenvalue weighted by molar-refractivity contribution is 8.04. The van der Waals surface area contributed by atoms with Crippen molar-refractivity contribution in [1.82, 2.24) is 7.42 Å². The van der Waals surface area contributed by atoms with E-state index in [9.17, 15) is 33.7 Å². The van der Waals surface area contributed by atoms with Crippen LogP contribution in [0.2, 0.25) is 0 Å². The predicted octanol–water partition coefficient (Wildman–Crippen LogP) is 6.63. The first-order chi connectivity index (χ1) is 24.9. The van der Waals surface area contributed by atoms with Crippen LogP contribution in [-0.2, 0) is 40.1 Å². The lowest BCUT2D eigenvalue weighted by molar-refractivity contribution is 0.300. The third-order valence-corrected chi connectivity index (χ3v) is 16.8. The predicted molar refractivity (Wildman–Crippen MR) is 197 cm³/mol. The van der Waals surface area contributed by atoms with Gasteiger partial charge in [0.05, 0.1) is 31.7 Å². The van der Waals surface area contributed by atoms with E-state index in [0.717, 1.165) is 0 Å². The molecule has 0 heterocycles. The molecule has 10 nitrogen and oxygen atoms in total. The van der Waals surface area contributed by atoms with Crippen molar-refractivity contribution >= 4 is 40.1 Å². The van der Waals surface area contributed by atoms with Crippen molar-refractivity contribution in [3.05, 3.63) is 193 Å². The van der Waals surface area contributed by atoms with Crippen LogP contribution in [-0.4, -0.2) is 41.1 Å². The van der Waals surface area contributed by atoms with E-state index in [-0.39, 0.29) is 18.5 Å². The van der Waals surface area contributed by atoms with Crippen LogP contribution in [0.5, 0.6) is 0 Å². The van der Waals surface area contributed by atoms with Crippen LogP contribution in [0, 0.1) is 0 Å². The molecule has 0 amide bonds. The molecule has 14 heteroatoms. The summed E-state index contributed by atoms with van der Waals surface area (Å²) in [6.07, 6.45) is 0. The van der Waals surface area contributed by atoms with Gasteiger partial charge in [0.2, 0.25) is 0 Å². The molecule has 0 aliphatic heterocycles. The molecule has 0 aromatic heterocycles. The smallest absolute Gasteiger partial charge is 0.206 e. The van der Waals surface area contributed by atoms with E-state index in [1.54, 1.807) is 36.4 Å². The Morgan fingerprint density at radius 3 is 0.635 bits per heavy atom. The third-order valence-electron chi connectivity index (χ3n) is 8.15. The average molecular weight is 773 g/mol. The molecule has 52 heavy (non-hydrogen) atoms. The van der Waals surface area contributed by atoms with Crippen LogP contribution < -0.4 is 0 Å². The number of benzene rings is 6. The standard InChI is InChI=1S/C38H32N2O8S4/c41-49(42,33-23-11-3-12-24-33)39(50(43,44)34-25-13-4-14-26-34)37(31-19-7-1-8-20-31)38(32-21-9-2-10-22-32)40(51(45,46)35-27-15-5-16-28-35)52(47,48)36-29-17-6-18-30-36/h1-30,37-38H/t37-,38+. The second kappa shape index (κ2) is 14.9. The van der Waals surface area contributed by atoms with Crippen molar-refractivity contribution in [2.45, 2.75) is 31.7 Å². The highest BCUT2D eigenvalue weighted by atomic mass is 32.3. The minimum Gasteiger partial charge on any atom is -0.206 e. The van der Waals surface area contributed by atoms with Gasteiger partial charge in [-0.25, -0.2) is 33.7 Å². The zero-order valence-corrected chi connectivity index (χ0v) is 30.5. The summed E-state index contributed by atoms with van der Waals surface area (Å²) in [5.74, 6) is 0. The Balaban J connectivity index is 1.80. The van der Waals surface area contributed by atoms with Crippen molar-refractivity contribution in [2.24, 2.45) is 0 Å². The van der Waals surface area contributed by atoms with E-state index in [1.165, 1.54) is 146 Å². The summed E-state index contributed by atoms with van der Waals surface area (Å²) in [4.78, 5) is -1.70. The molecule has 6 aromatic carbocycles. The van der Waals surface area contributed by atoms with E-state index in [0.29, 0.717) is 0 Å². The molecule has 0 unspecified atom stereocenters. The lowest BCUT2D eigenvalue weighted by Gasteiger charge is -2.40. The van der Waals surface area contributed by atoms with Crippen molar-refractivity contribution in [2.75, 3.05) is 0 Å². The Bertz CT molecular complexity index is 2240.